The van der Waals surface area contributed by atoms with E-state index in [0.717, 1.165) is 10.4 Å². The molecule has 0 fully saturated rings. The molecule has 1 aromatic heterocycles. The summed E-state index contributed by atoms with van der Waals surface area (Å²) in [6.45, 7) is 2.12. The molecule has 8 heteroatoms. The van der Waals surface area contributed by atoms with Gasteiger partial charge >= 0.3 is 12.0 Å². The number of nitrogens with one attached hydrogen (secondary N) is 2. The molecule has 2 rings (SSSR count). The van der Waals surface area contributed by atoms with Crippen molar-refractivity contribution in [2.75, 3.05) is 0 Å². The van der Waals surface area contributed by atoms with Crippen molar-refractivity contribution < 1.29 is 19.1 Å². The van der Waals surface area contributed by atoms with Gasteiger partial charge < -0.3 is 21.1 Å². The van der Waals surface area contributed by atoms with Gasteiger partial charge in [-0.15, -0.1) is 11.3 Å². The lowest BCUT2D eigenvalue weighted by Gasteiger charge is -2.19. The highest BCUT2D eigenvalue weighted by atomic mass is 32.1. The van der Waals surface area contributed by atoms with Crippen LogP contribution in [0.15, 0.2) is 47.8 Å². The van der Waals surface area contributed by atoms with Crippen molar-refractivity contribution in [1.82, 2.24) is 10.6 Å². The van der Waals surface area contributed by atoms with Crippen molar-refractivity contribution in [3.63, 3.8) is 0 Å². The number of ether oxygens (including phenoxy) is 1. The number of primary amides is 1. The van der Waals surface area contributed by atoms with Gasteiger partial charge in [0.1, 0.15) is 0 Å². The maximum absolute atomic E-state index is 12.3. The first-order valence-corrected chi connectivity index (χ1v) is 9.48. The predicted octanol–water partition coefficient (Wildman–Crippen LogP) is 2.49. The first kappa shape index (κ1) is 20.4. The molecule has 3 amide bonds. The normalized spacial score (nSPS) is 12.6. The van der Waals surface area contributed by atoms with E-state index in [4.69, 9.17) is 10.5 Å². The van der Waals surface area contributed by atoms with Crippen LogP contribution >= 0.6 is 11.3 Å². The summed E-state index contributed by atoms with van der Waals surface area (Å²) >= 11 is 1.39. The Labute approximate surface area is 161 Å². The number of carbonyl (C=O) groups is 3. The van der Waals surface area contributed by atoms with Gasteiger partial charge in [0.2, 0.25) is 0 Å². The van der Waals surface area contributed by atoms with E-state index in [-0.39, 0.29) is 12.3 Å². The van der Waals surface area contributed by atoms with E-state index in [1.165, 1.54) is 11.3 Å². The SMILES string of the molecule is CC[C@H](OC(=O)C[C@@H](NC(N)=O)c1cccs1)C(=O)NCc1ccccc1. The number of carbonyl (C=O) groups excluding carboxylic acids is 3. The number of hydrogen-bond acceptors (Lipinski definition) is 5. The zero-order valence-electron chi connectivity index (χ0n) is 15.0. The van der Waals surface area contributed by atoms with E-state index >= 15 is 0 Å². The average Bonchev–Trinajstić information content (AvgIpc) is 3.19. The minimum absolute atomic E-state index is 0.105. The molecule has 0 saturated heterocycles. The number of benzene rings is 1. The quantitative estimate of drug-likeness (QED) is 0.572. The van der Waals surface area contributed by atoms with Crippen molar-refractivity contribution in [3.05, 3.63) is 58.3 Å². The molecule has 1 heterocycles. The molecule has 0 bridgehead atoms. The molecular weight excluding hydrogens is 366 g/mol. The maximum atomic E-state index is 12.3. The van der Waals surface area contributed by atoms with Gasteiger partial charge in [-0.1, -0.05) is 43.3 Å². The first-order chi connectivity index (χ1) is 13.0. The van der Waals surface area contributed by atoms with Crippen LogP contribution in [0.1, 0.15) is 36.2 Å². The monoisotopic (exact) mass is 389 g/mol. The highest BCUT2D eigenvalue weighted by Crippen LogP contribution is 2.22. The fourth-order valence-electron chi connectivity index (χ4n) is 2.48. The van der Waals surface area contributed by atoms with Gasteiger partial charge in [0.15, 0.2) is 6.10 Å². The van der Waals surface area contributed by atoms with Gasteiger partial charge in [0.05, 0.1) is 12.5 Å². The summed E-state index contributed by atoms with van der Waals surface area (Å²) in [6.07, 6.45) is -0.649. The van der Waals surface area contributed by atoms with Crippen LogP contribution in [0.4, 0.5) is 4.79 Å². The molecule has 4 N–H and O–H groups in total. The number of thiophene rings is 1. The lowest BCUT2D eigenvalue weighted by atomic mass is 10.1. The molecular formula is C19H23N3O4S. The zero-order chi connectivity index (χ0) is 19.6. The van der Waals surface area contributed by atoms with Gasteiger partial charge in [-0.3, -0.25) is 9.59 Å². The smallest absolute Gasteiger partial charge is 0.312 e. The Morgan fingerprint density at radius 1 is 1.15 bits per heavy atom. The molecule has 0 aliphatic rings. The highest BCUT2D eigenvalue weighted by Gasteiger charge is 2.24. The summed E-state index contributed by atoms with van der Waals surface area (Å²) in [7, 11) is 0. The van der Waals surface area contributed by atoms with Crippen LogP contribution in [0.2, 0.25) is 0 Å². The predicted molar refractivity (Wildman–Crippen MR) is 103 cm³/mol. The molecule has 1 aromatic carbocycles. The van der Waals surface area contributed by atoms with Crippen LogP contribution in [0.3, 0.4) is 0 Å². The van der Waals surface area contributed by atoms with Crippen molar-refractivity contribution in [2.45, 2.75) is 38.5 Å². The zero-order valence-corrected chi connectivity index (χ0v) is 15.8. The van der Waals surface area contributed by atoms with Gasteiger partial charge in [-0.25, -0.2) is 4.79 Å². The van der Waals surface area contributed by atoms with Crippen LogP contribution in [-0.4, -0.2) is 24.0 Å². The number of nitrogens with two attached hydrogens (primary N) is 1. The molecule has 0 saturated carbocycles. The summed E-state index contributed by atoms with van der Waals surface area (Å²) in [6, 6.07) is 11.8. The molecule has 2 aromatic rings. The van der Waals surface area contributed by atoms with Crippen molar-refractivity contribution in [2.24, 2.45) is 5.73 Å². The highest BCUT2D eigenvalue weighted by molar-refractivity contribution is 7.10. The van der Waals surface area contributed by atoms with Gasteiger partial charge in [-0.2, -0.15) is 0 Å². The third-order valence-electron chi connectivity index (χ3n) is 3.82. The molecule has 0 spiro atoms. The third kappa shape index (κ3) is 6.74. The van der Waals surface area contributed by atoms with E-state index in [2.05, 4.69) is 10.6 Å². The molecule has 144 valence electrons. The lowest BCUT2D eigenvalue weighted by Crippen LogP contribution is -2.38. The number of urea groups is 1. The van der Waals surface area contributed by atoms with Crippen molar-refractivity contribution in [1.29, 1.82) is 0 Å². The molecule has 0 radical (unpaired) electrons. The topological polar surface area (TPSA) is 111 Å². The Hall–Kier alpha value is -2.87. The average molecular weight is 389 g/mol. The standard InChI is InChI=1S/C19H23N3O4S/c1-2-15(18(24)21-12-13-7-4-3-5-8-13)26-17(23)11-14(22-19(20)25)16-9-6-10-27-16/h3-10,14-15H,2,11-12H2,1H3,(H,21,24)(H3,20,22,25)/t14-,15+/m1/s1. The molecule has 2 atom stereocenters. The number of esters is 1. The van der Waals surface area contributed by atoms with E-state index < -0.39 is 24.1 Å². The number of rotatable bonds is 9. The molecule has 7 nitrogen and oxygen atoms in total. The minimum Gasteiger partial charge on any atom is -0.452 e. The lowest BCUT2D eigenvalue weighted by molar-refractivity contribution is -0.156. The second-order valence-corrected chi connectivity index (χ2v) is 6.85. The van der Waals surface area contributed by atoms with E-state index in [1.54, 1.807) is 13.0 Å². The summed E-state index contributed by atoms with van der Waals surface area (Å²) in [5, 5.41) is 7.13. The minimum atomic E-state index is -0.890. The fraction of sp³-hybridized carbons (Fsp3) is 0.316. The van der Waals surface area contributed by atoms with Gasteiger partial charge in [-0.05, 0) is 23.4 Å². The Morgan fingerprint density at radius 3 is 2.48 bits per heavy atom. The maximum Gasteiger partial charge on any atom is 0.312 e. The summed E-state index contributed by atoms with van der Waals surface area (Å²) < 4.78 is 5.32. The Morgan fingerprint density at radius 2 is 1.89 bits per heavy atom. The summed E-state index contributed by atoms with van der Waals surface area (Å²) in [5.41, 5.74) is 6.14. The van der Waals surface area contributed by atoms with Crippen molar-refractivity contribution >= 4 is 29.2 Å². The van der Waals surface area contributed by atoms with Crippen LogP contribution in [0.25, 0.3) is 0 Å². The van der Waals surface area contributed by atoms with Crippen LogP contribution in [0.5, 0.6) is 0 Å². The number of hydrogen-bond donors (Lipinski definition) is 3. The Bertz CT molecular complexity index is 750. The third-order valence-corrected chi connectivity index (χ3v) is 4.81. The second-order valence-electron chi connectivity index (χ2n) is 5.87. The molecule has 0 aliphatic carbocycles. The van der Waals surface area contributed by atoms with Crippen molar-refractivity contribution in [3.8, 4) is 0 Å². The first-order valence-electron chi connectivity index (χ1n) is 8.60. The second kappa shape index (κ2) is 10.3. The molecule has 0 unspecified atom stereocenters. The van der Waals surface area contributed by atoms with E-state index in [1.807, 2.05) is 41.8 Å². The number of amides is 3. The molecule has 0 aliphatic heterocycles. The van der Waals surface area contributed by atoms with Crippen LogP contribution in [-0.2, 0) is 20.9 Å². The van der Waals surface area contributed by atoms with Gasteiger partial charge in [0.25, 0.3) is 5.91 Å². The van der Waals surface area contributed by atoms with E-state index in [9.17, 15) is 14.4 Å². The van der Waals surface area contributed by atoms with E-state index in [0.29, 0.717) is 13.0 Å². The largest absolute Gasteiger partial charge is 0.452 e. The Balaban J connectivity index is 1.90. The van der Waals surface area contributed by atoms with Gasteiger partial charge in [0, 0.05) is 11.4 Å². The summed E-state index contributed by atoms with van der Waals surface area (Å²) in [5.74, 6) is -0.936. The summed E-state index contributed by atoms with van der Waals surface area (Å²) in [4.78, 5) is 36.6. The fourth-order valence-corrected chi connectivity index (χ4v) is 3.26. The molecule has 27 heavy (non-hydrogen) atoms. The van der Waals surface area contributed by atoms with Crippen LogP contribution in [0, 0.1) is 0 Å². The van der Waals surface area contributed by atoms with Crippen LogP contribution < -0.4 is 16.4 Å². The Kier molecular flexibility index (Phi) is 7.81.